The van der Waals surface area contributed by atoms with E-state index in [2.05, 4.69) is 41.7 Å². The van der Waals surface area contributed by atoms with Crippen LogP contribution in [0, 0.1) is 0 Å². The molecule has 0 aromatic heterocycles. The summed E-state index contributed by atoms with van der Waals surface area (Å²) in [6.07, 6.45) is 0. The number of benzene rings is 5. The largest absolute Gasteiger partial charge is 0.324 e. The molecule has 0 heterocycles. The number of hydrogen-bond donors (Lipinski definition) is 4. The van der Waals surface area contributed by atoms with Crippen LogP contribution in [-0.2, 0) is 19.2 Å². The normalized spacial score (nSPS) is 12.7. The van der Waals surface area contributed by atoms with Gasteiger partial charge in [0.1, 0.15) is 0 Å². The van der Waals surface area contributed by atoms with Crippen LogP contribution in [-0.4, -0.2) is 47.3 Å². The van der Waals surface area contributed by atoms with Crippen LogP contribution in [0.25, 0.3) is 0 Å². The molecule has 0 aliphatic rings. The molecular formula is C42H31Cl7N8O6. The van der Waals surface area contributed by atoms with Gasteiger partial charge in [-0.3, -0.25) is 28.8 Å². The van der Waals surface area contributed by atoms with E-state index in [0.717, 1.165) is 13.8 Å². The van der Waals surface area contributed by atoms with Crippen LogP contribution in [0.5, 0.6) is 0 Å². The first-order chi connectivity index (χ1) is 29.8. The number of hydrogen-bond acceptors (Lipinski definition) is 10. The number of anilines is 4. The first-order valence-electron chi connectivity index (χ1n) is 18.1. The number of rotatable bonds is 15. The molecule has 21 heteroatoms. The lowest BCUT2D eigenvalue weighted by Gasteiger charge is -2.17. The third-order valence-corrected chi connectivity index (χ3v) is 10.6. The summed E-state index contributed by atoms with van der Waals surface area (Å²) in [5.74, 6) is -4.16. The van der Waals surface area contributed by atoms with Crippen molar-refractivity contribution in [3.63, 3.8) is 0 Å². The fourth-order valence-corrected chi connectivity index (χ4v) is 6.70. The number of carbonyl (C=O) groups is 6. The minimum absolute atomic E-state index is 0.0699. The summed E-state index contributed by atoms with van der Waals surface area (Å²) in [4.78, 5) is 77.9. The molecule has 4 amide bonds. The number of Topliss-reactive ketones (excluding diaryl/α,β-unsaturated/α-hetero) is 2. The zero-order valence-electron chi connectivity index (χ0n) is 32.8. The quantitative estimate of drug-likeness (QED) is 0.0457. The number of azo groups is 2. The van der Waals surface area contributed by atoms with Crippen LogP contribution in [0.4, 0.5) is 34.1 Å². The lowest BCUT2D eigenvalue weighted by atomic mass is 10.1. The standard InChI is InChI=1S/C42H31Cl7N8O6/c1-19(43)31-16-26(52-41(62)37(20(2)58)56-54-29-12-22(10-24(44)14-29)39(60)50-27-4-7-32(46)34(48)17-27)6-9-36(31)53-42(63)38(21(3)59)57-55-30-13-23(11-25(45)15-30)40(61)51-28-5-8-33(47)35(49)18-28/h4-19,37-38H,1-3H3,(H,50,60)(H,51,61)(H,52,62)(H,53,63). The molecule has 3 atom stereocenters. The topological polar surface area (TPSA) is 200 Å². The second kappa shape index (κ2) is 21.8. The number of amides is 4. The smallest absolute Gasteiger partial charge is 0.258 e. The van der Waals surface area contributed by atoms with Crippen LogP contribution in [0.3, 0.4) is 0 Å². The molecule has 324 valence electrons. The highest BCUT2D eigenvalue weighted by Crippen LogP contribution is 2.32. The molecule has 0 aliphatic carbocycles. The van der Waals surface area contributed by atoms with E-state index in [-0.39, 0.29) is 54.0 Å². The average Bonchev–Trinajstić information content (AvgIpc) is 3.20. The van der Waals surface area contributed by atoms with Crippen molar-refractivity contribution in [3.05, 3.63) is 138 Å². The van der Waals surface area contributed by atoms with Crippen molar-refractivity contribution in [1.82, 2.24) is 0 Å². The highest BCUT2D eigenvalue weighted by Gasteiger charge is 2.27. The number of nitrogens with one attached hydrogen (secondary N) is 4. The summed E-state index contributed by atoms with van der Waals surface area (Å²) < 4.78 is 0. The Balaban J connectivity index is 1.28. The van der Waals surface area contributed by atoms with Gasteiger partial charge in [-0.25, -0.2) is 0 Å². The molecule has 3 unspecified atom stereocenters. The molecule has 5 rings (SSSR count). The summed E-state index contributed by atoms with van der Waals surface area (Å²) in [5, 5.41) is 27.1. The van der Waals surface area contributed by atoms with Gasteiger partial charge in [0, 0.05) is 43.9 Å². The average molecular weight is 992 g/mol. The Hall–Kier alpha value is -5.45. The van der Waals surface area contributed by atoms with E-state index < -0.39 is 52.7 Å². The number of halogens is 7. The van der Waals surface area contributed by atoms with Gasteiger partial charge in [0.2, 0.25) is 12.1 Å². The van der Waals surface area contributed by atoms with Crippen LogP contribution < -0.4 is 21.3 Å². The van der Waals surface area contributed by atoms with Crippen molar-refractivity contribution in [2.24, 2.45) is 20.5 Å². The third kappa shape index (κ3) is 13.5. The minimum Gasteiger partial charge on any atom is -0.324 e. The molecule has 5 aromatic rings. The van der Waals surface area contributed by atoms with Crippen molar-refractivity contribution in [2.75, 3.05) is 21.3 Å². The summed E-state index contributed by atoms with van der Waals surface area (Å²) in [6, 6.07) is 18.4. The van der Waals surface area contributed by atoms with Gasteiger partial charge in [-0.2, -0.15) is 20.5 Å². The fourth-order valence-electron chi connectivity index (χ4n) is 5.46. The van der Waals surface area contributed by atoms with Crippen molar-refractivity contribution >= 4 is 151 Å². The lowest BCUT2D eigenvalue weighted by molar-refractivity contribution is -0.127. The molecule has 0 saturated carbocycles. The third-order valence-electron chi connectivity index (χ3n) is 8.49. The van der Waals surface area contributed by atoms with E-state index in [1.165, 1.54) is 78.9 Å². The van der Waals surface area contributed by atoms with Crippen LogP contribution in [0.1, 0.15) is 52.4 Å². The number of ketones is 2. The maximum Gasteiger partial charge on any atom is 0.258 e. The van der Waals surface area contributed by atoms with Gasteiger partial charge < -0.3 is 21.3 Å². The molecule has 0 aliphatic heterocycles. The molecular weight excluding hydrogens is 961 g/mol. The van der Waals surface area contributed by atoms with Gasteiger partial charge in [-0.1, -0.05) is 69.6 Å². The lowest BCUT2D eigenvalue weighted by Crippen LogP contribution is -2.32. The predicted octanol–water partition coefficient (Wildman–Crippen LogP) is 12.8. The zero-order chi connectivity index (χ0) is 46.1. The van der Waals surface area contributed by atoms with E-state index >= 15 is 0 Å². The highest BCUT2D eigenvalue weighted by atomic mass is 35.5. The van der Waals surface area contributed by atoms with E-state index in [1.807, 2.05) is 0 Å². The number of nitrogens with zero attached hydrogens (tertiary/aromatic N) is 4. The number of alkyl halides is 1. The van der Waals surface area contributed by atoms with E-state index in [9.17, 15) is 28.8 Å². The molecule has 0 saturated heterocycles. The second-order valence-corrected chi connectivity index (χ2v) is 16.6. The Labute approximate surface area is 394 Å². The van der Waals surface area contributed by atoms with Crippen LogP contribution >= 0.6 is 81.2 Å². The van der Waals surface area contributed by atoms with Gasteiger partial charge >= 0.3 is 0 Å². The van der Waals surface area contributed by atoms with Gasteiger partial charge in [-0.05, 0) is 117 Å². The zero-order valence-corrected chi connectivity index (χ0v) is 38.1. The molecule has 0 spiro atoms. The highest BCUT2D eigenvalue weighted by molar-refractivity contribution is 6.42. The molecule has 5 aromatic carbocycles. The Morgan fingerprint density at radius 3 is 1.32 bits per heavy atom. The van der Waals surface area contributed by atoms with E-state index in [4.69, 9.17) is 81.2 Å². The van der Waals surface area contributed by atoms with Gasteiger partial charge in [0.25, 0.3) is 23.6 Å². The minimum atomic E-state index is -1.63. The predicted molar refractivity (Wildman–Crippen MR) is 248 cm³/mol. The molecule has 0 fully saturated rings. The van der Waals surface area contributed by atoms with Gasteiger partial charge in [0.15, 0.2) is 11.6 Å². The molecule has 63 heavy (non-hydrogen) atoms. The summed E-state index contributed by atoms with van der Waals surface area (Å²) >= 11 is 43.0. The molecule has 4 N–H and O–H groups in total. The Kier molecular flexibility index (Phi) is 16.8. The van der Waals surface area contributed by atoms with E-state index in [1.54, 1.807) is 19.1 Å². The van der Waals surface area contributed by atoms with Gasteiger partial charge in [0.05, 0.1) is 36.8 Å². The van der Waals surface area contributed by atoms with Crippen molar-refractivity contribution < 1.29 is 28.8 Å². The Morgan fingerprint density at radius 2 is 0.905 bits per heavy atom. The number of carbonyl (C=O) groups excluding carboxylic acids is 6. The van der Waals surface area contributed by atoms with Crippen LogP contribution in [0.15, 0.2) is 111 Å². The first kappa shape index (κ1) is 48.6. The Morgan fingerprint density at radius 1 is 0.492 bits per heavy atom. The molecule has 0 bridgehead atoms. The monoisotopic (exact) mass is 988 g/mol. The fraction of sp³-hybridized carbons (Fsp3) is 0.143. The van der Waals surface area contributed by atoms with Gasteiger partial charge in [-0.15, -0.1) is 11.6 Å². The Bertz CT molecular complexity index is 2710. The first-order valence-corrected chi connectivity index (χ1v) is 20.8. The van der Waals surface area contributed by atoms with Crippen LogP contribution in [0.2, 0.25) is 30.1 Å². The molecule has 0 radical (unpaired) electrons. The molecule has 14 nitrogen and oxygen atoms in total. The summed E-state index contributed by atoms with van der Waals surface area (Å²) in [7, 11) is 0. The second-order valence-electron chi connectivity index (χ2n) is 13.4. The maximum atomic E-state index is 13.4. The summed E-state index contributed by atoms with van der Waals surface area (Å²) in [6.45, 7) is 3.89. The maximum absolute atomic E-state index is 13.4. The van der Waals surface area contributed by atoms with Crippen molar-refractivity contribution in [1.29, 1.82) is 0 Å². The van der Waals surface area contributed by atoms with E-state index in [0.29, 0.717) is 27.0 Å². The summed E-state index contributed by atoms with van der Waals surface area (Å²) in [5.41, 5.74) is 1.74. The van der Waals surface area contributed by atoms with Crippen molar-refractivity contribution in [2.45, 2.75) is 38.2 Å². The SMILES string of the molecule is CC(=O)C(N=Nc1cc(Cl)cc(C(=O)Nc2ccc(Cl)c(Cl)c2)c1)C(=O)Nc1ccc(NC(=O)C(N=Nc2cc(Cl)cc(C(=O)Nc3ccc(Cl)c(Cl)c3)c2)C(C)=O)c(C(C)Cl)c1. The van der Waals surface area contributed by atoms with Crippen molar-refractivity contribution in [3.8, 4) is 0 Å².